The number of rotatable bonds is 7. The van der Waals surface area contributed by atoms with Crippen LogP contribution in [0.15, 0.2) is 54.7 Å². The number of para-hydroxylation sites is 2. The molecule has 25 heavy (non-hydrogen) atoms. The molecule has 0 spiro atoms. The van der Waals surface area contributed by atoms with Crippen LogP contribution in [0.5, 0.6) is 5.75 Å². The van der Waals surface area contributed by atoms with Crippen LogP contribution in [-0.2, 0) is 0 Å². The third-order valence-corrected chi connectivity index (χ3v) is 3.77. The zero-order chi connectivity index (χ0) is 17.5. The van der Waals surface area contributed by atoms with Gasteiger partial charge in [0.15, 0.2) is 5.82 Å². The Hall–Kier alpha value is -3.26. The number of fused-ring (bicyclic) bond motifs is 1. The standard InChI is InChI=1S/C20H20N4O/c1-2-3-12-25-17-10-8-16(9-11-17)22-14-15(13-21)20-23-18-6-4-5-7-19(18)24-20/h4-11,14,22H,2-3,12H2,1H3,(H,23,24). The lowest BCUT2D eigenvalue weighted by Gasteiger charge is -2.06. The van der Waals surface area contributed by atoms with Crippen LogP contribution in [-0.4, -0.2) is 16.6 Å². The van der Waals surface area contributed by atoms with Gasteiger partial charge in [-0.25, -0.2) is 4.98 Å². The SMILES string of the molecule is CCCCOc1ccc(NC=C(C#N)c2nc3ccccc3[nH]2)cc1. The van der Waals surface area contributed by atoms with Crippen molar-refractivity contribution < 1.29 is 4.74 Å². The minimum atomic E-state index is 0.444. The molecule has 0 amide bonds. The lowest BCUT2D eigenvalue weighted by molar-refractivity contribution is 0.309. The van der Waals surface area contributed by atoms with E-state index in [0.717, 1.165) is 41.9 Å². The van der Waals surface area contributed by atoms with Crippen LogP contribution in [0.4, 0.5) is 5.69 Å². The largest absolute Gasteiger partial charge is 0.494 e. The number of allylic oxidation sites excluding steroid dienone is 1. The van der Waals surface area contributed by atoms with Gasteiger partial charge in [0.2, 0.25) is 0 Å². The number of ether oxygens (including phenoxy) is 1. The van der Waals surface area contributed by atoms with Crippen molar-refractivity contribution in [3.63, 3.8) is 0 Å². The lowest BCUT2D eigenvalue weighted by atomic mass is 10.2. The molecule has 0 saturated heterocycles. The normalized spacial score (nSPS) is 11.3. The number of nitriles is 1. The topological polar surface area (TPSA) is 73.7 Å². The second kappa shape index (κ2) is 8.02. The van der Waals surface area contributed by atoms with Crippen molar-refractivity contribution in [2.45, 2.75) is 19.8 Å². The molecule has 0 bridgehead atoms. The Morgan fingerprint density at radius 1 is 1.24 bits per heavy atom. The highest BCUT2D eigenvalue weighted by molar-refractivity contribution is 5.82. The number of unbranched alkanes of at least 4 members (excludes halogenated alkanes) is 1. The van der Waals surface area contributed by atoms with Crippen molar-refractivity contribution in [1.29, 1.82) is 5.26 Å². The molecule has 0 unspecified atom stereocenters. The summed E-state index contributed by atoms with van der Waals surface area (Å²) in [6.07, 6.45) is 3.82. The van der Waals surface area contributed by atoms with Gasteiger partial charge in [-0.15, -0.1) is 0 Å². The number of imidazole rings is 1. The summed E-state index contributed by atoms with van der Waals surface area (Å²) in [4.78, 5) is 7.60. The average Bonchev–Trinajstić information content (AvgIpc) is 3.07. The van der Waals surface area contributed by atoms with Gasteiger partial charge in [0.1, 0.15) is 17.4 Å². The number of H-pyrrole nitrogens is 1. The van der Waals surface area contributed by atoms with E-state index in [-0.39, 0.29) is 0 Å². The molecule has 2 N–H and O–H groups in total. The van der Waals surface area contributed by atoms with Crippen LogP contribution in [0.3, 0.4) is 0 Å². The summed E-state index contributed by atoms with van der Waals surface area (Å²) in [7, 11) is 0. The second-order valence-corrected chi connectivity index (χ2v) is 5.64. The Morgan fingerprint density at radius 3 is 2.76 bits per heavy atom. The van der Waals surface area contributed by atoms with E-state index in [9.17, 15) is 5.26 Å². The van der Waals surface area contributed by atoms with Crippen LogP contribution in [0, 0.1) is 11.3 Å². The molecule has 5 heteroatoms. The number of nitrogens with one attached hydrogen (secondary N) is 2. The second-order valence-electron chi connectivity index (χ2n) is 5.64. The first-order valence-electron chi connectivity index (χ1n) is 8.35. The molecule has 3 aromatic rings. The predicted octanol–water partition coefficient (Wildman–Crippen LogP) is 4.72. The summed E-state index contributed by atoms with van der Waals surface area (Å²) in [5.74, 6) is 1.40. The van der Waals surface area contributed by atoms with Crippen molar-refractivity contribution in [3.8, 4) is 11.8 Å². The maximum absolute atomic E-state index is 9.41. The van der Waals surface area contributed by atoms with Gasteiger partial charge in [0.05, 0.1) is 17.6 Å². The van der Waals surface area contributed by atoms with Gasteiger partial charge in [-0.3, -0.25) is 0 Å². The van der Waals surface area contributed by atoms with Gasteiger partial charge in [-0.1, -0.05) is 25.5 Å². The van der Waals surface area contributed by atoms with Crippen molar-refractivity contribution >= 4 is 22.3 Å². The molecule has 0 fully saturated rings. The fourth-order valence-electron chi connectivity index (χ4n) is 2.37. The Kier molecular flexibility index (Phi) is 5.32. The number of benzene rings is 2. The van der Waals surface area contributed by atoms with Crippen LogP contribution < -0.4 is 10.1 Å². The fourth-order valence-corrected chi connectivity index (χ4v) is 2.37. The molecule has 2 aromatic carbocycles. The molecule has 0 aliphatic carbocycles. The monoisotopic (exact) mass is 332 g/mol. The Bertz CT molecular complexity index is 870. The van der Waals surface area contributed by atoms with Gasteiger partial charge in [-0.05, 0) is 42.8 Å². The molecular formula is C20H20N4O. The summed E-state index contributed by atoms with van der Waals surface area (Å²) >= 11 is 0. The Balaban J connectivity index is 1.69. The van der Waals surface area contributed by atoms with Crippen molar-refractivity contribution in [2.24, 2.45) is 0 Å². The van der Waals surface area contributed by atoms with Crippen molar-refractivity contribution in [1.82, 2.24) is 9.97 Å². The molecule has 1 heterocycles. The number of aromatic nitrogens is 2. The third kappa shape index (κ3) is 4.18. The predicted molar refractivity (Wildman–Crippen MR) is 100 cm³/mol. The van der Waals surface area contributed by atoms with E-state index in [0.29, 0.717) is 11.4 Å². The molecule has 0 saturated carbocycles. The molecule has 0 aliphatic heterocycles. The molecule has 3 rings (SSSR count). The van der Waals surface area contributed by atoms with E-state index >= 15 is 0 Å². The number of aromatic amines is 1. The van der Waals surface area contributed by atoms with Crippen LogP contribution >= 0.6 is 0 Å². The first-order chi connectivity index (χ1) is 12.3. The smallest absolute Gasteiger partial charge is 0.150 e. The van der Waals surface area contributed by atoms with Gasteiger partial charge in [0, 0.05) is 11.9 Å². The van der Waals surface area contributed by atoms with E-state index in [1.165, 1.54) is 0 Å². The average molecular weight is 332 g/mol. The maximum Gasteiger partial charge on any atom is 0.150 e. The first-order valence-corrected chi connectivity index (χ1v) is 8.35. The van der Waals surface area contributed by atoms with E-state index in [1.54, 1.807) is 6.20 Å². The van der Waals surface area contributed by atoms with E-state index in [2.05, 4.69) is 28.3 Å². The zero-order valence-corrected chi connectivity index (χ0v) is 14.1. The zero-order valence-electron chi connectivity index (χ0n) is 14.1. The van der Waals surface area contributed by atoms with E-state index in [4.69, 9.17) is 4.74 Å². The number of hydrogen-bond donors (Lipinski definition) is 2. The summed E-state index contributed by atoms with van der Waals surface area (Å²) in [5.41, 5.74) is 3.07. The highest BCUT2D eigenvalue weighted by Gasteiger charge is 2.07. The quantitative estimate of drug-likeness (QED) is 0.485. The minimum absolute atomic E-state index is 0.444. The maximum atomic E-state index is 9.41. The van der Waals surface area contributed by atoms with Crippen LogP contribution in [0.2, 0.25) is 0 Å². The Morgan fingerprint density at radius 2 is 2.04 bits per heavy atom. The molecule has 0 aliphatic rings. The molecule has 1 aromatic heterocycles. The van der Waals surface area contributed by atoms with E-state index < -0.39 is 0 Å². The van der Waals surface area contributed by atoms with Gasteiger partial charge >= 0.3 is 0 Å². The molecule has 0 atom stereocenters. The third-order valence-electron chi connectivity index (χ3n) is 3.77. The number of hydrogen-bond acceptors (Lipinski definition) is 4. The number of nitrogens with zero attached hydrogens (tertiary/aromatic N) is 2. The summed E-state index contributed by atoms with van der Waals surface area (Å²) in [6.45, 7) is 2.87. The van der Waals surface area contributed by atoms with Crippen LogP contribution in [0.25, 0.3) is 16.6 Å². The van der Waals surface area contributed by atoms with Gasteiger partial charge in [-0.2, -0.15) is 5.26 Å². The summed E-state index contributed by atoms with van der Waals surface area (Å²) in [6, 6.07) is 17.6. The van der Waals surface area contributed by atoms with Gasteiger partial charge < -0.3 is 15.0 Å². The first kappa shape index (κ1) is 16.6. The highest BCUT2D eigenvalue weighted by Crippen LogP contribution is 2.19. The Labute approximate surface area is 147 Å². The number of anilines is 1. The summed E-state index contributed by atoms with van der Waals surface area (Å²) in [5, 5.41) is 12.5. The lowest BCUT2D eigenvalue weighted by Crippen LogP contribution is -1.97. The summed E-state index contributed by atoms with van der Waals surface area (Å²) < 4.78 is 5.64. The fraction of sp³-hybridized carbons (Fsp3) is 0.200. The van der Waals surface area contributed by atoms with Crippen molar-refractivity contribution in [2.75, 3.05) is 11.9 Å². The molecule has 0 radical (unpaired) electrons. The molecular weight excluding hydrogens is 312 g/mol. The van der Waals surface area contributed by atoms with Crippen LogP contribution in [0.1, 0.15) is 25.6 Å². The van der Waals surface area contributed by atoms with Crippen molar-refractivity contribution in [3.05, 3.63) is 60.6 Å². The van der Waals surface area contributed by atoms with E-state index in [1.807, 2.05) is 48.5 Å². The minimum Gasteiger partial charge on any atom is -0.494 e. The molecule has 5 nitrogen and oxygen atoms in total. The molecule has 126 valence electrons. The van der Waals surface area contributed by atoms with Gasteiger partial charge in [0.25, 0.3) is 0 Å². The highest BCUT2D eigenvalue weighted by atomic mass is 16.5.